The molecule has 0 spiro atoms. The van der Waals surface area contributed by atoms with Gasteiger partial charge in [-0.2, -0.15) is 0 Å². The van der Waals surface area contributed by atoms with Gasteiger partial charge in [0.05, 0.1) is 18.0 Å². The third-order valence-corrected chi connectivity index (χ3v) is 1.78. The van der Waals surface area contributed by atoms with E-state index >= 15 is 0 Å². The molecule has 1 aromatic rings. The smallest absolute Gasteiger partial charge is 0.325 e. The molecule has 15 heavy (non-hydrogen) atoms. The summed E-state index contributed by atoms with van der Waals surface area (Å²) in [6.45, 7) is 5.96. The minimum atomic E-state index is -0.291. The predicted molar refractivity (Wildman–Crippen MR) is 56.6 cm³/mol. The highest BCUT2D eigenvalue weighted by Crippen LogP contribution is 2.07. The lowest BCUT2D eigenvalue weighted by Crippen LogP contribution is -2.18. The number of anilines is 1. The van der Waals surface area contributed by atoms with Crippen molar-refractivity contribution in [3.63, 3.8) is 0 Å². The number of carbonyl (C=O) groups excluding carboxylic acids is 1. The number of carbonyl (C=O) groups is 1. The monoisotopic (exact) mass is 209 g/mol. The van der Waals surface area contributed by atoms with E-state index in [0.29, 0.717) is 12.4 Å². The summed E-state index contributed by atoms with van der Waals surface area (Å²) in [5.41, 5.74) is 1.58. The van der Waals surface area contributed by atoms with Crippen molar-refractivity contribution in [2.24, 2.45) is 0 Å². The highest BCUT2D eigenvalue weighted by Gasteiger charge is 2.05. The van der Waals surface area contributed by atoms with Crippen molar-refractivity contribution >= 4 is 11.8 Å². The second-order valence-corrected chi connectivity index (χ2v) is 3.10. The minimum absolute atomic E-state index is 0.118. The molecule has 0 saturated carbocycles. The summed E-state index contributed by atoms with van der Waals surface area (Å²) in [7, 11) is 0. The molecule has 0 bridgehead atoms. The summed E-state index contributed by atoms with van der Waals surface area (Å²) in [6, 6.07) is 0. The molecule has 0 aliphatic heterocycles. The molecule has 0 aromatic carbocycles. The zero-order valence-electron chi connectivity index (χ0n) is 9.20. The van der Waals surface area contributed by atoms with Crippen molar-refractivity contribution in [1.82, 2.24) is 9.97 Å². The molecule has 1 heterocycles. The van der Waals surface area contributed by atoms with Crippen LogP contribution in [0.3, 0.4) is 0 Å². The van der Waals surface area contributed by atoms with Crippen LogP contribution in [-0.2, 0) is 9.53 Å². The van der Waals surface area contributed by atoms with E-state index in [2.05, 4.69) is 15.3 Å². The summed E-state index contributed by atoms with van der Waals surface area (Å²) < 4.78 is 4.78. The number of nitrogens with one attached hydrogen (secondary N) is 1. The van der Waals surface area contributed by atoms with Crippen LogP contribution in [0, 0.1) is 13.8 Å². The lowest BCUT2D eigenvalue weighted by atomic mass is 10.4. The Hall–Kier alpha value is -1.65. The second-order valence-electron chi connectivity index (χ2n) is 3.10. The van der Waals surface area contributed by atoms with Gasteiger partial charge in [-0.1, -0.05) is 0 Å². The van der Waals surface area contributed by atoms with Gasteiger partial charge >= 0.3 is 5.97 Å². The predicted octanol–water partition coefficient (Wildman–Crippen LogP) is 1.07. The molecule has 0 fully saturated rings. The van der Waals surface area contributed by atoms with Gasteiger partial charge < -0.3 is 10.1 Å². The zero-order chi connectivity index (χ0) is 11.3. The van der Waals surface area contributed by atoms with Gasteiger partial charge in [-0.15, -0.1) is 0 Å². The fourth-order valence-electron chi connectivity index (χ4n) is 1.07. The SMILES string of the molecule is CCOC(=O)CNc1nc(C)cnc1C. The fourth-order valence-corrected chi connectivity index (χ4v) is 1.07. The van der Waals surface area contributed by atoms with Crippen molar-refractivity contribution < 1.29 is 9.53 Å². The molecule has 0 aliphatic carbocycles. The van der Waals surface area contributed by atoms with Crippen LogP contribution in [0.2, 0.25) is 0 Å². The van der Waals surface area contributed by atoms with Crippen LogP contribution in [0.1, 0.15) is 18.3 Å². The number of hydrogen-bond acceptors (Lipinski definition) is 5. The first-order valence-corrected chi connectivity index (χ1v) is 4.83. The summed E-state index contributed by atoms with van der Waals surface area (Å²) in [6.07, 6.45) is 1.69. The Bertz CT molecular complexity index is 353. The number of rotatable bonds is 4. The molecule has 0 atom stereocenters. The molecule has 0 amide bonds. The molecular formula is C10H15N3O2. The molecule has 0 saturated heterocycles. The van der Waals surface area contributed by atoms with Crippen LogP contribution in [0.15, 0.2) is 6.20 Å². The summed E-state index contributed by atoms with van der Waals surface area (Å²) in [5, 5.41) is 2.89. The van der Waals surface area contributed by atoms with E-state index in [1.54, 1.807) is 13.1 Å². The molecule has 5 nitrogen and oxygen atoms in total. The fraction of sp³-hybridized carbons (Fsp3) is 0.500. The molecule has 1 N–H and O–H groups in total. The lowest BCUT2D eigenvalue weighted by Gasteiger charge is -2.07. The Labute approximate surface area is 88.9 Å². The van der Waals surface area contributed by atoms with Crippen LogP contribution in [0.5, 0.6) is 0 Å². The molecule has 0 aliphatic rings. The lowest BCUT2D eigenvalue weighted by molar-refractivity contribution is -0.140. The topological polar surface area (TPSA) is 64.1 Å². The van der Waals surface area contributed by atoms with Crippen molar-refractivity contribution in [2.75, 3.05) is 18.5 Å². The van der Waals surface area contributed by atoms with Gasteiger partial charge in [-0.3, -0.25) is 9.78 Å². The molecule has 0 radical (unpaired) electrons. The minimum Gasteiger partial charge on any atom is -0.465 e. The number of aromatic nitrogens is 2. The van der Waals surface area contributed by atoms with E-state index in [0.717, 1.165) is 11.4 Å². The Morgan fingerprint density at radius 2 is 2.27 bits per heavy atom. The Balaban J connectivity index is 2.57. The largest absolute Gasteiger partial charge is 0.465 e. The number of nitrogens with zero attached hydrogens (tertiary/aromatic N) is 2. The number of ether oxygens (including phenoxy) is 1. The third kappa shape index (κ3) is 3.53. The highest BCUT2D eigenvalue weighted by molar-refractivity contribution is 5.74. The number of hydrogen-bond donors (Lipinski definition) is 1. The van der Waals surface area contributed by atoms with E-state index in [-0.39, 0.29) is 12.5 Å². The Kier molecular flexibility index (Phi) is 4.03. The van der Waals surface area contributed by atoms with E-state index in [9.17, 15) is 4.79 Å². The maximum absolute atomic E-state index is 11.1. The molecule has 0 unspecified atom stereocenters. The van der Waals surface area contributed by atoms with Gasteiger partial charge in [0.1, 0.15) is 12.4 Å². The maximum atomic E-state index is 11.1. The summed E-state index contributed by atoms with van der Waals surface area (Å²) >= 11 is 0. The van der Waals surface area contributed by atoms with Crippen LogP contribution in [-0.4, -0.2) is 29.1 Å². The highest BCUT2D eigenvalue weighted by atomic mass is 16.5. The van der Waals surface area contributed by atoms with Crippen LogP contribution < -0.4 is 5.32 Å². The summed E-state index contributed by atoms with van der Waals surface area (Å²) in [4.78, 5) is 19.4. The molecule has 5 heteroatoms. The van der Waals surface area contributed by atoms with E-state index in [1.165, 1.54) is 0 Å². The van der Waals surface area contributed by atoms with Crippen LogP contribution in [0.25, 0.3) is 0 Å². The van der Waals surface area contributed by atoms with E-state index in [4.69, 9.17) is 4.74 Å². The van der Waals surface area contributed by atoms with E-state index < -0.39 is 0 Å². The van der Waals surface area contributed by atoms with Crippen LogP contribution in [0.4, 0.5) is 5.82 Å². The molecule has 1 rings (SSSR count). The molecule has 1 aromatic heterocycles. The number of esters is 1. The average Bonchev–Trinajstić information content (AvgIpc) is 2.20. The normalized spacial score (nSPS) is 9.80. The van der Waals surface area contributed by atoms with E-state index in [1.807, 2.05) is 13.8 Å². The summed E-state index contributed by atoms with van der Waals surface area (Å²) in [5.74, 6) is 0.336. The molecule has 82 valence electrons. The standard InChI is InChI=1S/C10H15N3O2/c1-4-15-9(14)6-12-10-8(3)11-5-7(2)13-10/h5H,4,6H2,1-3H3,(H,12,13). The quantitative estimate of drug-likeness (QED) is 0.751. The Morgan fingerprint density at radius 3 is 2.93 bits per heavy atom. The molecular weight excluding hydrogens is 194 g/mol. The zero-order valence-corrected chi connectivity index (χ0v) is 9.20. The first-order valence-electron chi connectivity index (χ1n) is 4.83. The first kappa shape index (κ1) is 11.4. The van der Waals surface area contributed by atoms with Gasteiger partial charge in [0.15, 0.2) is 0 Å². The second kappa shape index (κ2) is 5.29. The van der Waals surface area contributed by atoms with Crippen LogP contribution >= 0.6 is 0 Å². The van der Waals surface area contributed by atoms with Crippen molar-refractivity contribution in [3.05, 3.63) is 17.6 Å². The van der Waals surface area contributed by atoms with Crippen molar-refractivity contribution in [1.29, 1.82) is 0 Å². The maximum Gasteiger partial charge on any atom is 0.325 e. The average molecular weight is 209 g/mol. The van der Waals surface area contributed by atoms with Gasteiger partial charge in [0, 0.05) is 6.20 Å². The van der Waals surface area contributed by atoms with Crippen molar-refractivity contribution in [3.8, 4) is 0 Å². The third-order valence-electron chi connectivity index (χ3n) is 1.78. The van der Waals surface area contributed by atoms with Gasteiger partial charge in [-0.25, -0.2) is 4.98 Å². The Morgan fingerprint density at radius 1 is 1.53 bits per heavy atom. The first-order chi connectivity index (χ1) is 7.13. The number of aryl methyl sites for hydroxylation is 2. The van der Waals surface area contributed by atoms with Gasteiger partial charge in [0.25, 0.3) is 0 Å². The van der Waals surface area contributed by atoms with Gasteiger partial charge in [-0.05, 0) is 20.8 Å². The van der Waals surface area contributed by atoms with Gasteiger partial charge in [0.2, 0.25) is 0 Å². The van der Waals surface area contributed by atoms with Crippen molar-refractivity contribution in [2.45, 2.75) is 20.8 Å².